The molecule has 2 N–H and O–H groups in total. The number of imidazole rings is 1. The molecule has 0 fully saturated rings. The fourth-order valence-electron chi connectivity index (χ4n) is 2.34. The number of rotatable bonds is 2. The van der Waals surface area contributed by atoms with Gasteiger partial charge in [-0.3, -0.25) is 0 Å². The van der Waals surface area contributed by atoms with Crippen LogP contribution in [0.4, 0.5) is 0 Å². The van der Waals surface area contributed by atoms with E-state index in [4.69, 9.17) is 5.11 Å². The second kappa shape index (κ2) is 4.14. The second-order valence-electron chi connectivity index (χ2n) is 4.52. The highest BCUT2D eigenvalue weighted by Gasteiger charge is 2.09. The van der Waals surface area contributed by atoms with Crippen LogP contribution in [0.1, 0.15) is 5.82 Å². The van der Waals surface area contributed by atoms with Crippen LogP contribution in [0, 0.1) is 0 Å². The van der Waals surface area contributed by atoms with Gasteiger partial charge in [-0.15, -0.1) is 0 Å². The zero-order valence-corrected chi connectivity index (χ0v) is 10.5. The molecular weight excluding hydrogens is 254 g/mol. The van der Waals surface area contributed by atoms with Crippen LogP contribution in [0.5, 0.6) is 0 Å². The fraction of sp³-hybridized carbons (Fsp3) is 0.0714. The van der Waals surface area contributed by atoms with Gasteiger partial charge in [0, 0.05) is 18.0 Å². The Morgan fingerprint density at radius 3 is 3.15 bits per heavy atom. The Morgan fingerprint density at radius 2 is 2.25 bits per heavy atom. The average molecular weight is 265 g/mol. The van der Waals surface area contributed by atoms with Crippen LogP contribution in [0.15, 0.2) is 42.9 Å². The summed E-state index contributed by atoms with van der Waals surface area (Å²) < 4.78 is 1.74. The van der Waals surface area contributed by atoms with Crippen LogP contribution >= 0.6 is 0 Å². The summed E-state index contributed by atoms with van der Waals surface area (Å²) in [6.45, 7) is -0.0950. The van der Waals surface area contributed by atoms with E-state index < -0.39 is 0 Å². The van der Waals surface area contributed by atoms with Crippen LogP contribution in [0.2, 0.25) is 0 Å². The first-order valence-corrected chi connectivity index (χ1v) is 6.23. The normalized spacial score (nSPS) is 11.4. The minimum atomic E-state index is -0.0950. The Bertz CT molecular complexity index is 908. The lowest BCUT2D eigenvalue weighted by molar-refractivity contribution is 0.273. The molecular formula is C14H11N5O. The Kier molecular flexibility index (Phi) is 2.30. The number of H-pyrrole nitrogens is 1. The van der Waals surface area contributed by atoms with Crippen LogP contribution in [0.3, 0.4) is 0 Å². The van der Waals surface area contributed by atoms with Crippen molar-refractivity contribution < 1.29 is 5.11 Å². The molecule has 4 aromatic rings. The molecule has 3 aromatic heterocycles. The third kappa shape index (κ3) is 1.59. The summed E-state index contributed by atoms with van der Waals surface area (Å²) in [6.07, 6.45) is 5.41. The summed E-state index contributed by atoms with van der Waals surface area (Å²) >= 11 is 0. The van der Waals surface area contributed by atoms with Gasteiger partial charge in [-0.05, 0) is 23.8 Å². The number of aliphatic hydroxyl groups excluding tert-OH is 1. The number of aliphatic hydroxyl groups is 1. The van der Waals surface area contributed by atoms with E-state index in [1.807, 2.05) is 30.5 Å². The maximum Gasteiger partial charge on any atom is 0.162 e. The molecule has 0 unspecified atom stereocenters. The molecule has 0 bridgehead atoms. The molecule has 0 atom stereocenters. The molecule has 20 heavy (non-hydrogen) atoms. The van der Waals surface area contributed by atoms with Gasteiger partial charge in [0.2, 0.25) is 0 Å². The summed E-state index contributed by atoms with van der Waals surface area (Å²) in [4.78, 5) is 11.7. The second-order valence-corrected chi connectivity index (χ2v) is 4.52. The predicted octanol–water partition coefficient (Wildman–Crippen LogP) is 1.76. The van der Waals surface area contributed by atoms with E-state index in [-0.39, 0.29) is 6.61 Å². The molecule has 0 aliphatic rings. The lowest BCUT2D eigenvalue weighted by Gasteiger charge is -1.98. The number of aromatic nitrogens is 5. The van der Waals surface area contributed by atoms with Gasteiger partial charge >= 0.3 is 0 Å². The molecule has 3 heterocycles. The van der Waals surface area contributed by atoms with Crippen molar-refractivity contribution in [2.24, 2.45) is 0 Å². The fourth-order valence-corrected chi connectivity index (χ4v) is 2.34. The largest absolute Gasteiger partial charge is 0.388 e. The molecule has 0 amide bonds. The maximum absolute atomic E-state index is 9.12. The molecule has 0 aliphatic carbocycles. The van der Waals surface area contributed by atoms with Gasteiger partial charge in [0.15, 0.2) is 5.65 Å². The highest BCUT2D eigenvalue weighted by Crippen LogP contribution is 2.26. The predicted molar refractivity (Wildman–Crippen MR) is 74.0 cm³/mol. The minimum Gasteiger partial charge on any atom is -0.388 e. The highest BCUT2D eigenvalue weighted by atomic mass is 16.3. The summed E-state index contributed by atoms with van der Waals surface area (Å²) in [7, 11) is 0. The molecule has 1 aromatic carbocycles. The van der Waals surface area contributed by atoms with Gasteiger partial charge in [0.05, 0.1) is 17.2 Å². The van der Waals surface area contributed by atoms with Crippen LogP contribution < -0.4 is 0 Å². The first-order chi connectivity index (χ1) is 9.85. The quantitative estimate of drug-likeness (QED) is 0.579. The molecule has 0 saturated heterocycles. The van der Waals surface area contributed by atoms with E-state index in [2.05, 4.69) is 20.1 Å². The summed E-state index contributed by atoms with van der Waals surface area (Å²) in [6, 6.07) is 7.74. The van der Waals surface area contributed by atoms with E-state index in [1.165, 1.54) is 0 Å². The van der Waals surface area contributed by atoms with E-state index in [1.54, 1.807) is 16.9 Å². The Morgan fingerprint density at radius 1 is 1.30 bits per heavy atom. The smallest absolute Gasteiger partial charge is 0.162 e. The number of nitrogens with one attached hydrogen (secondary N) is 1. The number of aromatic amines is 1. The number of fused-ring (bicyclic) bond motifs is 2. The van der Waals surface area contributed by atoms with E-state index in [0.29, 0.717) is 5.82 Å². The molecule has 0 aliphatic heterocycles. The van der Waals surface area contributed by atoms with Crippen molar-refractivity contribution in [3.05, 3.63) is 48.7 Å². The number of hydrogen-bond acceptors (Lipinski definition) is 4. The number of hydrogen-bond donors (Lipinski definition) is 2. The van der Waals surface area contributed by atoms with E-state index in [0.717, 1.165) is 27.8 Å². The SMILES string of the molecule is OCc1nc2ccc(-c3cnn4cccnc34)cc2[nH]1. The van der Waals surface area contributed by atoms with Gasteiger partial charge in [-0.2, -0.15) is 5.10 Å². The molecule has 6 nitrogen and oxygen atoms in total. The maximum atomic E-state index is 9.12. The number of nitrogens with zero attached hydrogens (tertiary/aromatic N) is 4. The topological polar surface area (TPSA) is 79.1 Å². The summed E-state index contributed by atoms with van der Waals surface area (Å²) in [5.74, 6) is 0.565. The lowest BCUT2D eigenvalue weighted by Crippen LogP contribution is -1.87. The monoisotopic (exact) mass is 265 g/mol. The van der Waals surface area contributed by atoms with E-state index >= 15 is 0 Å². The van der Waals surface area contributed by atoms with Crippen LogP contribution in [-0.4, -0.2) is 29.7 Å². The van der Waals surface area contributed by atoms with Gasteiger partial charge in [-0.25, -0.2) is 14.5 Å². The molecule has 98 valence electrons. The average Bonchev–Trinajstić information content (AvgIpc) is 3.09. The highest BCUT2D eigenvalue weighted by molar-refractivity contribution is 5.85. The molecule has 6 heteroatoms. The first kappa shape index (κ1) is 11.1. The molecule has 4 rings (SSSR count). The van der Waals surface area contributed by atoms with Gasteiger partial charge in [0.1, 0.15) is 12.4 Å². The van der Waals surface area contributed by atoms with Crippen molar-refractivity contribution in [2.45, 2.75) is 6.61 Å². The van der Waals surface area contributed by atoms with Crippen molar-refractivity contribution in [1.82, 2.24) is 24.6 Å². The third-order valence-corrected chi connectivity index (χ3v) is 3.27. The first-order valence-electron chi connectivity index (χ1n) is 6.23. The third-order valence-electron chi connectivity index (χ3n) is 3.27. The van der Waals surface area contributed by atoms with Crippen molar-refractivity contribution in [2.75, 3.05) is 0 Å². The van der Waals surface area contributed by atoms with Gasteiger partial charge in [0.25, 0.3) is 0 Å². The standard InChI is InChI=1S/C14H11N5O/c20-8-13-17-11-3-2-9(6-12(11)18-13)10-7-16-19-5-1-4-15-14(10)19/h1-7,20H,8H2,(H,17,18). The Balaban J connectivity index is 1.93. The Hall–Kier alpha value is -2.73. The Labute approximate surface area is 113 Å². The van der Waals surface area contributed by atoms with Crippen LogP contribution in [-0.2, 0) is 6.61 Å². The van der Waals surface area contributed by atoms with Crippen molar-refractivity contribution in [3.63, 3.8) is 0 Å². The van der Waals surface area contributed by atoms with Gasteiger partial charge < -0.3 is 10.1 Å². The van der Waals surface area contributed by atoms with Crippen molar-refractivity contribution in [3.8, 4) is 11.1 Å². The van der Waals surface area contributed by atoms with Gasteiger partial charge in [-0.1, -0.05) is 6.07 Å². The molecule has 0 saturated carbocycles. The summed E-state index contributed by atoms with van der Waals surface area (Å²) in [5.41, 5.74) is 4.52. The zero-order valence-electron chi connectivity index (χ0n) is 10.5. The molecule has 0 radical (unpaired) electrons. The van der Waals surface area contributed by atoms with Crippen molar-refractivity contribution >= 4 is 16.7 Å². The van der Waals surface area contributed by atoms with E-state index in [9.17, 15) is 0 Å². The number of benzene rings is 1. The lowest BCUT2D eigenvalue weighted by atomic mass is 10.1. The van der Waals surface area contributed by atoms with Crippen LogP contribution in [0.25, 0.3) is 27.8 Å². The molecule has 0 spiro atoms. The zero-order chi connectivity index (χ0) is 13.5. The van der Waals surface area contributed by atoms with Crippen molar-refractivity contribution in [1.29, 1.82) is 0 Å². The summed E-state index contributed by atoms with van der Waals surface area (Å²) in [5, 5.41) is 13.4. The minimum absolute atomic E-state index is 0.0950.